The van der Waals surface area contributed by atoms with Crippen molar-refractivity contribution in [3.8, 4) is 0 Å². The molecule has 1 aliphatic rings. The predicted molar refractivity (Wildman–Crippen MR) is 68.9 cm³/mol. The number of alkyl halides is 1. The zero-order chi connectivity index (χ0) is 12.3. The molecule has 1 fully saturated rings. The molecule has 0 amide bonds. The maximum Gasteiger partial charge on any atom is 0.196 e. The smallest absolute Gasteiger partial charge is 0.196 e. The number of hydrogen-bond donors (Lipinski definition) is 0. The van der Waals surface area contributed by atoms with E-state index in [9.17, 15) is 4.79 Å². The summed E-state index contributed by atoms with van der Waals surface area (Å²) in [5.41, 5.74) is 0.232. The molecule has 0 unspecified atom stereocenters. The van der Waals surface area contributed by atoms with Crippen LogP contribution in [0.2, 0.25) is 0 Å². The second kappa shape index (κ2) is 5.46. The molecule has 1 aromatic rings. The molecule has 1 heterocycles. The number of nitrogens with zero attached hydrogens (tertiary/aromatic N) is 1. The van der Waals surface area contributed by atoms with Crippen molar-refractivity contribution in [2.75, 3.05) is 12.5 Å². The molecule has 0 bridgehead atoms. The summed E-state index contributed by atoms with van der Waals surface area (Å²) in [5, 5.41) is 2.73. The molecular formula is C12H16ClNO2S. The minimum absolute atomic E-state index is 0.00912. The van der Waals surface area contributed by atoms with Crippen LogP contribution in [-0.4, -0.2) is 23.3 Å². The van der Waals surface area contributed by atoms with Crippen LogP contribution in [0.1, 0.15) is 48.1 Å². The fourth-order valence-electron chi connectivity index (χ4n) is 2.32. The number of thiazole rings is 1. The summed E-state index contributed by atoms with van der Waals surface area (Å²) in [6.45, 7) is 2.68. The van der Waals surface area contributed by atoms with Gasteiger partial charge in [-0.3, -0.25) is 4.79 Å². The van der Waals surface area contributed by atoms with Crippen LogP contribution in [0.25, 0.3) is 0 Å². The molecule has 1 aliphatic carbocycles. The topological polar surface area (TPSA) is 39.2 Å². The highest BCUT2D eigenvalue weighted by Crippen LogP contribution is 2.43. The Balaban J connectivity index is 2.25. The Morgan fingerprint density at radius 3 is 2.88 bits per heavy atom. The molecular weight excluding hydrogens is 258 g/mol. The standard InChI is InChI=1S/C12H16ClNO2S/c1-2-16-12(5-3-4-6-12)11-14-9(8-17-11)10(15)7-13/h8H,2-7H2,1H3. The van der Waals surface area contributed by atoms with E-state index >= 15 is 0 Å². The molecule has 17 heavy (non-hydrogen) atoms. The Morgan fingerprint density at radius 2 is 2.29 bits per heavy atom. The van der Waals surface area contributed by atoms with Crippen molar-refractivity contribution >= 4 is 28.7 Å². The summed E-state index contributed by atoms with van der Waals surface area (Å²) in [6, 6.07) is 0. The van der Waals surface area contributed by atoms with Crippen LogP contribution in [-0.2, 0) is 10.3 Å². The van der Waals surface area contributed by atoms with E-state index in [4.69, 9.17) is 16.3 Å². The van der Waals surface area contributed by atoms with Crippen LogP contribution >= 0.6 is 22.9 Å². The van der Waals surface area contributed by atoms with Crippen molar-refractivity contribution in [2.45, 2.75) is 38.2 Å². The van der Waals surface area contributed by atoms with Crippen molar-refractivity contribution in [1.82, 2.24) is 4.98 Å². The minimum Gasteiger partial charge on any atom is -0.368 e. The van der Waals surface area contributed by atoms with Gasteiger partial charge in [0.15, 0.2) is 5.78 Å². The van der Waals surface area contributed by atoms with Crippen LogP contribution < -0.4 is 0 Å². The van der Waals surface area contributed by atoms with E-state index < -0.39 is 0 Å². The van der Waals surface area contributed by atoms with Crippen molar-refractivity contribution in [2.24, 2.45) is 0 Å². The van der Waals surface area contributed by atoms with Gasteiger partial charge in [-0.2, -0.15) is 0 Å². The third kappa shape index (κ3) is 2.54. The highest BCUT2D eigenvalue weighted by Gasteiger charge is 2.39. The Morgan fingerprint density at radius 1 is 1.59 bits per heavy atom. The van der Waals surface area contributed by atoms with E-state index in [0.29, 0.717) is 12.3 Å². The van der Waals surface area contributed by atoms with Gasteiger partial charge in [-0.15, -0.1) is 22.9 Å². The average molecular weight is 274 g/mol. The van der Waals surface area contributed by atoms with Crippen molar-refractivity contribution in [3.05, 3.63) is 16.1 Å². The van der Waals surface area contributed by atoms with Crippen LogP contribution in [0.15, 0.2) is 5.38 Å². The lowest BCUT2D eigenvalue weighted by Gasteiger charge is -2.26. The fraction of sp³-hybridized carbons (Fsp3) is 0.667. The molecule has 0 aliphatic heterocycles. The number of aromatic nitrogens is 1. The number of ketones is 1. The molecule has 0 spiro atoms. The van der Waals surface area contributed by atoms with Crippen molar-refractivity contribution in [1.29, 1.82) is 0 Å². The van der Waals surface area contributed by atoms with Gasteiger partial charge >= 0.3 is 0 Å². The number of Topliss-reactive ketones (excluding diaryl/α,β-unsaturated/α-hetero) is 1. The largest absolute Gasteiger partial charge is 0.368 e. The van der Waals surface area contributed by atoms with Crippen LogP contribution in [0.3, 0.4) is 0 Å². The quantitative estimate of drug-likeness (QED) is 0.610. The summed E-state index contributed by atoms with van der Waals surface area (Å²) in [4.78, 5) is 15.9. The van der Waals surface area contributed by atoms with E-state index in [1.54, 1.807) is 5.38 Å². The number of hydrogen-bond acceptors (Lipinski definition) is 4. The molecule has 0 saturated heterocycles. The van der Waals surface area contributed by atoms with Gasteiger partial charge in [-0.1, -0.05) is 12.8 Å². The zero-order valence-corrected chi connectivity index (χ0v) is 11.4. The molecule has 1 aromatic heterocycles. The van der Waals surface area contributed by atoms with Gasteiger partial charge in [0, 0.05) is 12.0 Å². The molecule has 0 radical (unpaired) electrons. The molecule has 0 aromatic carbocycles. The van der Waals surface area contributed by atoms with Gasteiger partial charge in [0.25, 0.3) is 0 Å². The second-order valence-electron chi connectivity index (χ2n) is 4.23. The molecule has 3 nitrogen and oxygen atoms in total. The van der Waals surface area contributed by atoms with Gasteiger partial charge in [0.05, 0.1) is 5.88 Å². The highest BCUT2D eigenvalue weighted by atomic mass is 35.5. The fourth-order valence-corrected chi connectivity index (χ4v) is 3.50. The summed E-state index contributed by atoms with van der Waals surface area (Å²) in [6.07, 6.45) is 4.34. The molecule has 5 heteroatoms. The summed E-state index contributed by atoms with van der Waals surface area (Å²) in [7, 11) is 0. The van der Waals surface area contributed by atoms with E-state index in [1.165, 1.54) is 24.2 Å². The normalized spacial score (nSPS) is 18.5. The van der Waals surface area contributed by atoms with Crippen LogP contribution in [0.5, 0.6) is 0 Å². The van der Waals surface area contributed by atoms with E-state index in [0.717, 1.165) is 17.8 Å². The Labute approximate surface area is 110 Å². The number of carbonyl (C=O) groups is 1. The van der Waals surface area contributed by atoms with Crippen molar-refractivity contribution < 1.29 is 9.53 Å². The molecule has 94 valence electrons. The van der Waals surface area contributed by atoms with Gasteiger partial charge < -0.3 is 4.74 Å². The summed E-state index contributed by atoms with van der Waals surface area (Å²) in [5.74, 6) is -0.121. The molecule has 0 atom stereocenters. The third-order valence-electron chi connectivity index (χ3n) is 3.13. The average Bonchev–Trinajstić information content (AvgIpc) is 2.97. The minimum atomic E-state index is -0.246. The maximum absolute atomic E-state index is 11.5. The Kier molecular flexibility index (Phi) is 4.17. The van der Waals surface area contributed by atoms with E-state index in [1.807, 2.05) is 6.92 Å². The van der Waals surface area contributed by atoms with Crippen LogP contribution in [0.4, 0.5) is 0 Å². The van der Waals surface area contributed by atoms with Gasteiger partial charge in [-0.05, 0) is 19.8 Å². The van der Waals surface area contributed by atoms with E-state index in [-0.39, 0.29) is 17.3 Å². The first-order valence-electron chi connectivity index (χ1n) is 5.91. The molecule has 1 saturated carbocycles. The van der Waals surface area contributed by atoms with Crippen molar-refractivity contribution in [3.63, 3.8) is 0 Å². The van der Waals surface area contributed by atoms with Gasteiger partial charge in [-0.25, -0.2) is 4.98 Å². The lowest BCUT2D eigenvalue weighted by Crippen LogP contribution is -2.26. The number of rotatable bonds is 5. The van der Waals surface area contributed by atoms with Gasteiger partial charge in [0.1, 0.15) is 16.3 Å². The molecule has 0 N–H and O–H groups in total. The second-order valence-corrected chi connectivity index (χ2v) is 5.35. The monoisotopic (exact) mass is 273 g/mol. The van der Waals surface area contributed by atoms with E-state index in [2.05, 4.69) is 4.98 Å². The first kappa shape index (κ1) is 13.0. The number of halogens is 1. The SMILES string of the molecule is CCOC1(c2nc(C(=O)CCl)cs2)CCCC1. The summed E-state index contributed by atoms with van der Waals surface area (Å²) >= 11 is 7.05. The van der Waals surface area contributed by atoms with Crippen LogP contribution in [0, 0.1) is 0 Å². The zero-order valence-electron chi connectivity index (χ0n) is 9.87. The Hall–Kier alpha value is -0.450. The first-order chi connectivity index (χ1) is 8.22. The predicted octanol–water partition coefficient (Wildman–Crippen LogP) is 3.37. The maximum atomic E-state index is 11.5. The summed E-state index contributed by atoms with van der Waals surface area (Å²) < 4.78 is 5.91. The number of carbonyl (C=O) groups excluding carboxylic acids is 1. The number of ether oxygens (including phenoxy) is 1. The molecule has 2 rings (SSSR count). The highest BCUT2D eigenvalue weighted by molar-refractivity contribution is 7.10. The first-order valence-corrected chi connectivity index (χ1v) is 7.32. The third-order valence-corrected chi connectivity index (χ3v) is 4.40. The lowest BCUT2D eigenvalue weighted by molar-refractivity contribution is -0.0391. The Bertz CT molecular complexity index is 399. The van der Waals surface area contributed by atoms with Gasteiger partial charge in [0.2, 0.25) is 0 Å². The lowest BCUT2D eigenvalue weighted by atomic mass is 10.0.